The molecule has 2 aromatic rings. The standard InChI is InChI=1S/C18H21N3O3/c1-19-7-9-20(10-8-19)15-5-4-13-16-12(15)3-2-6-21(16)11-14(17(13)22)18(23)24/h4-5,11H,2-3,6-10H2,1H3,(H,23,24). The van der Waals surface area contributed by atoms with E-state index in [-0.39, 0.29) is 11.0 Å². The van der Waals surface area contributed by atoms with Crippen molar-refractivity contribution in [2.45, 2.75) is 19.4 Å². The minimum atomic E-state index is -1.15. The Bertz CT molecular complexity index is 879. The molecule has 1 aromatic carbocycles. The van der Waals surface area contributed by atoms with Crippen molar-refractivity contribution >= 4 is 22.6 Å². The first-order valence-corrected chi connectivity index (χ1v) is 8.42. The van der Waals surface area contributed by atoms with Gasteiger partial charge in [0.1, 0.15) is 5.56 Å². The average Bonchev–Trinajstić information content (AvgIpc) is 2.58. The zero-order valence-electron chi connectivity index (χ0n) is 13.8. The number of hydrogen-bond donors (Lipinski definition) is 1. The number of aromatic carboxylic acids is 1. The quantitative estimate of drug-likeness (QED) is 0.903. The molecule has 126 valence electrons. The highest BCUT2D eigenvalue weighted by molar-refractivity contribution is 5.95. The van der Waals surface area contributed by atoms with Crippen molar-refractivity contribution in [3.8, 4) is 0 Å². The maximum absolute atomic E-state index is 12.5. The molecule has 6 nitrogen and oxygen atoms in total. The van der Waals surface area contributed by atoms with E-state index in [0.717, 1.165) is 51.1 Å². The summed E-state index contributed by atoms with van der Waals surface area (Å²) in [5.74, 6) is -1.15. The van der Waals surface area contributed by atoms with E-state index in [1.54, 1.807) is 0 Å². The normalized spacial score (nSPS) is 18.1. The third-order valence-corrected chi connectivity index (χ3v) is 5.22. The number of nitrogens with zero attached hydrogens (tertiary/aromatic N) is 3. The molecule has 0 atom stereocenters. The van der Waals surface area contributed by atoms with E-state index in [1.165, 1.54) is 17.4 Å². The lowest BCUT2D eigenvalue weighted by atomic mass is 9.97. The molecule has 3 heterocycles. The third-order valence-electron chi connectivity index (χ3n) is 5.22. The van der Waals surface area contributed by atoms with Crippen molar-refractivity contribution in [3.05, 3.63) is 39.7 Å². The molecule has 24 heavy (non-hydrogen) atoms. The van der Waals surface area contributed by atoms with Gasteiger partial charge in [-0.3, -0.25) is 4.79 Å². The van der Waals surface area contributed by atoms with Crippen molar-refractivity contribution in [1.29, 1.82) is 0 Å². The number of aryl methyl sites for hydroxylation is 2. The van der Waals surface area contributed by atoms with Crippen LogP contribution in [0.4, 0.5) is 5.69 Å². The van der Waals surface area contributed by atoms with Crippen LogP contribution in [0.1, 0.15) is 22.3 Å². The topological polar surface area (TPSA) is 65.8 Å². The number of rotatable bonds is 2. The van der Waals surface area contributed by atoms with Crippen molar-refractivity contribution in [3.63, 3.8) is 0 Å². The van der Waals surface area contributed by atoms with Crippen LogP contribution in [0.15, 0.2) is 23.1 Å². The van der Waals surface area contributed by atoms with Crippen molar-refractivity contribution < 1.29 is 9.90 Å². The number of hydrogen-bond acceptors (Lipinski definition) is 4. The van der Waals surface area contributed by atoms with Crippen LogP contribution >= 0.6 is 0 Å². The fraction of sp³-hybridized carbons (Fsp3) is 0.444. The predicted molar refractivity (Wildman–Crippen MR) is 93.2 cm³/mol. The number of pyridine rings is 1. The van der Waals surface area contributed by atoms with E-state index in [0.29, 0.717) is 5.39 Å². The molecule has 0 radical (unpaired) electrons. The second kappa shape index (κ2) is 5.63. The summed E-state index contributed by atoms with van der Waals surface area (Å²) >= 11 is 0. The first-order valence-electron chi connectivity index (χ1n) is 8.42. The highest BCUT2D eigenvalue weighted by atomic mass is 16.4. The van der Waals surface area contributed by atoms with Crippen LogP contribution in [0, 0.1) is 0 Å². The first-order chi connectivity index (χ1) is 11.6. The van der Waals surface area contributed by atoms with Crippen molar-refractivity contribution in [1.82, 2.24) is 9.47 Å². The molecule has 0 saturated carbocycles. The molecule has 2 aliphatic heterocycles. The first kappa shape index (κ1) is 15.2. The zero-order valence-corrected chi connectivity index (χ0v) is 13.8. The van der Waals surface area contributed by atoms with Gasteiger partial charge in [-0.05, 0) is 37.6 Å². The van der Waals surface area contributed by atoms with Gasteiger partial charge in [0.05, 0.1) is 5.52 Å². The van der Waals surface area contributed by atoms with Gasteiger partial charge >= 0.3 is 5.97 Å². The molecule has 0 spiro atoms. The zero-order chi connectivity index (χ0) is 16.8. The van der Waals surface area contributed by atoms with E-state index < -0.39 is 5.97 Å². The predicted octanol–water partition coefficient (Wildman–Crippen LogP) is 1.40. The van der Waals surface area contributed by atoms with Gasteiger partial charge in [-0.15, -0.1) is 0 Å². The summed E-state index contributed by atoms with van der Waals surface area (Å²) in [5.41, 5.74) is 2.81. The highest BCUT2D eigenvalue weighted by Gasteiger charge is 2.24. The maximum Gasteiger partial charge on any atom is 0.341 e. The van der Waals surface area contributed by atoms with Crippen LogP contribution in [0.5, 0.6) is 0 Å². The number of piperazine rings is 1. The third kappa shape index (κ3) is 2.29. The molecule has 0 bridgehead atoms. The molecule has 1 fully saturated rings. The minimum absolute atomic E-state index is 0.136. The van der Waals surface area contributed by atoms with E-state index in [1.807, 2.05) is 16.7 Å². The fourth-order valence-corrected chi connectivity index (χ4v) is 3.91. The minimum Gasteiger partial charge on any atom is -0.477 e. The Morgan fingerprint density at radius 2 is 1.88 bits per heavy atom. The van der Waals surface area contributed by atoms with Gasteiger partial charge < -0.3 is 19.5 Å². The molecule has 0 aliphatic carbocycles. The highest BCUT2D eigenvalue weighted by Crippen LogP contribution is 2.32. The van der Waals surface area contributed by atoms with Gasteiger partial charge in [0, 0.05) is 50.0 Å². The molecule has 4 rings (SSSR count). The molecular weight excluding hydrogens is 306 g/mol. The second-order valence-electron chi connectivity index (χ2n) is 6.72. The van der Waals surface area contributed by atoms with Crippen molar-refractivity contribution in [2.24, 2.45) is 0 Å². The fourth-order valence-electron chi connectivity index (χ4n) is 3.91. The number of carbonyl (C=O) groups is 1. The average molecular weight is 327 g/mol. The van der Waals surface area contributed by atoms with Crippen LogP contribution in [0.2, 0.25) is 0 Å². The maximum atomic E-state index is 12.5. The Kier molecular flexibility index (Phi) is 3.57. The summed E-state index contributed by atoms with van der Waals surface area (Å²) in [6.07, 6.45) is 3.42. The Hall–Kier alpha value is -2.34. The van der Waals surface area contributed by atoms with Crippen molar-refractivity contribution in [2.75, 3.05) is 38.1 Å². The lowest BCUT2D eigenvalue weighted by molar-refractivity contribution is 0.0694. The van der Waals surface area contributed by atoms with Gasteiger partial charge in [-0.25, -0.2) is 4.79 Å². The van der Waals surface area contributed by atoms with Crippen LogP contribution in [0.25, 0.3) is 10.9 Å². The van der Waals surface area contributed by atoms with Gasteiger partial charge in [0.2, 0.25) is 5.43 Å². The molecule has 6 heteroatoms. The molecule has 0 unspecified atom stereocenters. The lowest BCUT2D eigenvalue weighted by Crippen LogP contribution is -2.45. The second-order valence-corrected chi connectivity index (χ2v) is 6.72. The smallest absolute Gasteiger partial charge is 0.341 e. The van der Waals surface area contributed by atoms with Crippen LogP contribution < -0.4 is 10.3 Å². The lowest BCUT2D eigenvalue weighted by Gasteiger charge is -2.36. The van der Waals surface area contributed by atoms with E-state index >= 15 is 0 Å². The Labute approximate surface area is 139 Å². The molecular formula is C18H21N3O3. The van der Waals surface area contributed by atoms with Gasteiger partial charge in [-0.1, -0.05) is 0 Å². The van der Waals surface area contributed by atoms with E-state index in [4.69, 9.17) is 0 Å². The Balaban J connectivity index is 1.91. The van der Waals surface area contributed by atoms with Crippen LogP contribution in [-0.4, -0.2) is 53.8 Å². The van der Waals surface area contributed by atoms with Gasteiger partial charge in [-0.2, -0.15) is 0 Å². The number of likely N-dealkylation sites (N-methyl/N-ethyl adjacent to an activating group) is 1. The number of benzene rings is 1. The number of anilines is 1. The van der Waals surface area contributed by atoms with Crippen LogP contribution in [0.3, 0.4) is 0 Å². The van der Waals surface area contributed by atoms with Crippen LogP contribution in [-0.2, 0) is 13.0 Å². The molecule has 2 aliphatic rings. The summed E-state index contributed by atoms with van der Waals surface area (Å²) in [6.45, 7) is 4.78. The Morgan fingerprint density at radius 3 is 2.58 bits per heavy atom. The molecule has 1 saturated heterocycles. The van der Waals surface area contributed by atoms with E-state index in [9.17, 15) is 14.7 Å². The SMILES string of the molecule is CN1CCN(c2ccc3c(=O)c(C(=O)O)cn4c3c2CCC4)CC1. The summed E-state index contributed by atoms with van der Waals surface area (Å²) < 4.78 is 1.96. The monoisotopic (exact) mass is 327 g/mol. The Morgan fingerprint density at radius 1 is 1.12 bits per heavy atom. The van der Waals surface area contributed by atoms with E-state index in [2.05, 4.69) is 16.8 Å². The molecule has 1 N–H and O–H groups in total. The molecule has 0 amide bonds. The summed E-state index contributed by atoms with van der Waals surface area (Å²) in [7, 11) is 2.13. The number of carboxylic acid groups (broad SMARTS) is 1. The summed E-state index contributed by atoms with van der Waals surface area (Å²) in [6, 6.07) is 3.81. The van der Waals surface area contributed by atoms with Gasteiger partial charge in [0.25, 0.3) is 0 Å². The largest absolute Gasteiger partial charge is 0.477 e. The van der Waals surface area contributed by atoms with Gasteiger partial charge in [0.15, 0.2) is 0 Å². The number of carboxylic acids is 1. The summed E-state index contributed by atoms with van der Waals surface area (Å²) in [5, 5.41) is 9.82. The summed E-state index contributed by atoms with van der Waals surface area (Å²) in [4.78, 5) is 28.6. The number of aromatic nitrogens is 1. The molecule has 1 aromatic heterocycles.